The average Bonchev–Trinajstić information content (AvgIpc) is 2.79. The Balaban J connectivity index is 2.10. The van der Waals surface area contributed by atoms with Crippen LogP contribution < -0.4 is 4.74 Å². The third-order valence-electron chi connectivity index (χ3n) is 3.66. The molecule has 0 amide bonds. The van der Waals surface area contributed by atoms with E-state index in [0.717, 1.165) is 38.3 Å². The quantitative estimate of drug-likeness (QED) is 0.720. The van der Waals surface area contributed by atoms with E-state index in [1.54, 1.807) is 0 Å². The molecule has 2 aromatic rings. The molecule has 0 radical (unpaired) electrons. The predicted molar refractivity (Wildman–Crippen MR) is 77.9 cm³/mol. The van der Waals surface area contributed by atoms with Crippen molar-refractivity contribution in [2.24, 2.45) is 0 Å². The van der Waals surface area contributed by atoms with Gasteiger partial charge in [-0.15, -0.1) is 11.3 Å². The van der Waals surface area contributed by atoms with Gasteiger partial charge in [0.1, 0.15) is 5.75 Å². The van der Waals surface area contributed by atoms with Crippen molar-refractivity contribution in [2.45, 2.75) is 19.8 Å². The van der Waals surface area contributed by atoms with Crippen molar-refractivity contribution in [3.8, 4) is 5.75 Å². The highest BCUT2D eigenvalue weighted by Crippen LogP contribution is 2.36. The minimum absolute atomic E-state index is 0.817. The molecule has 3 heteroatoms. The number of nitrogens with zero attached hydrogens (tertiary/aromatic N) is 1. The Morgan fingerprint density at radius 3 is 3.06 bits per heavy atom. The standard InChI is InChI=1S/C15H19NOS/c1-11-4-5-13-14-12(10-18-15(11)14)6-8-16(2)7-3-9-17-13/h4-5,10H,3,6-9H2,1-2H3. The second-order valence-electron chi connectivity index (χ2n) is 5.10. The summed E-state index contributed by atoms with van der Waals surface area (Å²) >= 11 is 1.85. The predicted octanol–water partition coefficient (Wildman–Crippen LogP) is 3.47. The molecule has 1 aliphatic rings. The first-order chi connectivity index (χ1) is 8.75. The van der Waals surface area contributed by atoms with Gasteiger partial charge >= 0.3 is 0 Å². The van der Waals surface area contributed by atoms with Crippen molar-refractivity contribution < 1.29 is 4.74 Å². The molecule has 0 aliphatic carbocycles. The lowest BCUT2D eigenvalue weighted by molar-refractivity contribution is 0.263. The van der Waals surface area contributed by atoms with Crippen LogP contribution in [0, 0.1) is 6.92 Å². The van der Waals surface area contributed by atoms with Crippen molar-refractivity contribution in [1.29, 1.82) is 0 Å². The minimum Gasteiger partial charge on any atom is -0.493 e. The summed E-state index contributed by atoms with van der Waals surface area (Å²) in [4.78, 5) is 2.40. The lowest BCUT2D eigenvalue weighted by Crippen LogP contribution is -2.24. The summed E-state index contributed by atoms with van der Waals surface area (Å²) in [5, 5.41) is 3.66. The monoisotopic (exact) mass is 261 g/mol. The fourth-order valence-electron chi connectivity index (χ4n) is 2.56. The van der Waals surface area contributed by atoms with Crippen LogP contribution >= 0.6 is 11.3 Å². The van der Waals surface area contributed by atoms with Crippen LogP contribution in [0.15, 0.2) is 17.5 Å². The van der Waals surface area contributed by atoms with E-state index in [1.807, 2.05) is 11.3 Å². The number of hydrogen-bond acceptors (Lipinski definition) is 3. The number of benzene rings is 1. The Morgan fingerprint density at radius 1 is 1.28 bits per heavy atom. The van der Waals surface area contributed by atoms with Gasteiger partial charge in [0.2, 0.25) is 0 Å². The second-order valence-corrected chi connectivity index (χ2v) is 5.98. The Bertz CT molecular complexity index is 561. The zero-order valence-corrected chi connectivity index (χ0v) is 11.8. The summed E-state index contributed by atoms with van der Waals surface area (Å²) in [6.07, 6.45) is 2.22. The first-order valence-electron chi connectivity index (χ1n) is 6.57. The average molecular weight is 261 g/mol. The van der Waals surface area contributed by atoms with Crippen molar-refractivity contribution in [2.75, 3.05) is 26.7 Å². The molecular weight excluding hydrogens is 242 g/mol. The maximum Gasteiger partial charge on any atom is 0.128 e. The third kappa shape index (κ3) is 2.13. The van der Waals surface area contributed by atoms with Crippen molar-refractivity contribution in [3.63, 3.8) is 0 Å². The maximum absolute atomic E-state index is 5.98. The Morgan fingerprint density at radius 2 is 2.17 bits per heavy atom. The van der Waals surface area contributed by atoms with Gasteiger partial charge in [0.05, 0.1) is 6.61 Å². The fourth-order valence-corrected chi connectivity index (χ4v) is 3.66. The van der Waals surface area contributed by atoms with Crippen LogP contribution in [0.2, 0.25) is 0 Å². The van der Waals surface area contributed by atoms with Crippen molar-refractivity contribution in [3.05, 3.63) is 28.6 Å². The highest BCUT2D eigenvalue weighted by molar-refractivity contribution is 7.17. The number of thiophene rings is 1. The van der Waals surface area contributed by atoms with E-state index in [0.29, 0.717) is 0 Å². The first-order valence-corrected chi connectivity index (χ1v) is 7.44. The lowest BCUT2D eigenvalue weighted by Gasteiger charge is -2.19. The van der Waals surface area contributed by atoms with Crippen molar-refractivity contribution in [1.82, 2.24) is 4.90 Å². The molecule has 18 heavy (non-hydrogen) atoms. The molecule has 1 aromatic heterocycles. The van der Waals surface area contributed by atoms with E-state index < -0.39 is 0 Å². The molecule has 0 atom stereocenters. The zero-order valence-electron chi connectivity index (χ0n) is 11.0. The summed E-state index contributed by atoms with van der Waals surface area (Å²) in [5.41, 5.74) is 2.81. The van der Waals surface area contributed by atoms with Gasteiger partial charge in [-0.3, -0.25) is 0 Å². The molecule has 0 N–H and O–H groups in total. The molecule has 0 bridgehead atoms. The summed E-state index contributed by atoms with van der Waals surface area (Å²) in [5.74, 6) is 1.08. The van der Waals surface area contributed by atoms with Crippen LogP contribution in [0.1, 0.15) is 17.5 Å². The number of hydrogen-bond donors (Lipinski definition) is 0. The molecule has 96 valence electrons. The SMILES string of the molecule is Cc1ccc2c3c(csc13)CCN(C)CCCO2. The largest absolute Gasteiger partial charge is 0.493 e. The molecule has 2 heterocycles. The Kier molecular flexibility index (Phi) is 3.27. The van der Waals surface area contributed by atoms with Crippen LogP contribution in [0.5, 0.6) is 5.75 Å². The van der Waals surface area contributed by atoms with Gasteiger partial charge in [-0.05, 0) is 49.4 Å². The van der Waals surface area contributed by atoms with E-state index in [1.165, 1.54) is 21.2 Å². The van der Waals surface area contributed by atoms with E-state index in [4.69, 9.17) is 4.74 Å². The van der Waals surface area contributed by atoms with Crippen LogP contribution in [0.4, 0.5) is 0 Å². The molecule has 0 spiro atoms. The number of ether oxygens (including phenoxy) is 1. The highest BCUT2D eigenvalue weighted by atomic mass is 32.1. The van der Waals surface area contributed by atoms with Gasteiger partial charge in [0.15, 0.2) is 0 Å². The van der Waals surface area contributed by atoms with Gasteiger partial charge in [-0.1, -0.05) is 6.07 Å². The van der Waals surface area contributed by atoms with Crippen LogP contribution in [0.3, 0.4) is 0 Å². The second kappa shape index (κ2) is 4.90. The molecule has 3 rings (SSSR count). The van der Waals surface area contributed by atoms with E-state index >= 15 is 0 Å². The van der Waals surface area contributed by atoms with E-state index in [9.17, 15) is 0 Å². The molecule has 2 nitrogen and oxygen atoms in total. The molecule has 0 saturated carbocycles. The van der Waals surface area contributed by atoms with Crippen LogP contribution in [0.25, 0.3) is 10.1 Å². The van der Waals surface area contributed by atoms with Gasteiger partial charge in [0.25, 0.3) is 0 Å². The minimum atomic E-state index is 0.817. The topological polar surface area (TPSA) is 12.5 Å². The van der Waals surface area contributed by atoms with Crippen LogP contribution in [-0.4, -0.2) is 31.6 Å². The summed E-state index contributed by atoms with van der Waals surface area (Å²) in [7, 11) is 2.20. The summed E-state index contributed by atoms with van der Waals surface area (Å²) in [6, 6.07) is 4.31. The maximum atomic E-state index is 5.98. The molecule has 0 unspecified atom stereocenters. The number of likely N-dealkylation sites (N-methyl/N-ethyl adjacent to an activating group) is 1. The Labute approximate surface area is 112 Å². The summed E-state index contributed by atoms with van der Waals surface area (Å²) in [6.45, 7) is 5.26. The molecule has 1 aliphatic heterocycles. The zero-order chi connectivity index (χ0) is 12.5. The van der Waals surface area contributed by atoms with E-state index in [2.05, 4.69) is 36.4 Å². The fraction of sp³-hybridized carbons (Fsp3) is 0.467. The molecule has 1 aromatic carbocycles. The first kappa shape index (κ1) is 12.0. The highest BCUT2D eigenvalue weighted by Gasteiger charge is 2.14. The van der Waals surface area contributed by atoms with Gasteiger partial charge in [-0.2, -0.15) is 0 Å². The van der Waals surface area contributed by atoms with Crippen LogP contribution in [-0.2, 0) is 6.42 Å². The smallest absolute Gasteiger partial charge is 0.128 e. The van der Waals surface area contributed by atoms with Gasteiger partial charge in [-0.25, -0.2) is 0 Å². The number of aryl methyl sites for hydroxylation is 1. The lowest BCUT2D eigenvalue weighted by atomic mass is 10.1. The normalized spacial score (nSPS) is 17.7. The summed E-state index contributed by atoms with van der Waals surface area (Å²) < 4.78 is 7.37. The van der Waals surface area contributed by atoms with Gasteiger partial charge < -0.3 is 9.64 Å². The molecule has 0 fully saturated rings. The Hall–Kier alpha value is -1.06. The molecular formula is C15H19NOS. The third-order valence-corrected chi connectivity index (χ3v) is 4.83. The van der Waals surface area contributed by atoms with Gasteiger partial charge in [0, 0.05) is 23.2 Å². The van der Waals surface area contributed by atoms with Crippen molar-refractivity contribution >= 4 is 21.4 Å². The number of rotatable bonds is 0. The van der Waals surface area contributed by atoms with E-state index in [-0.39, 0.29) is 0 Å². The molecule has 0 saturated heterocycles.